The van der Waals surface area contributed by atoms with Crippen LogP contribution in [0.3, 0.4) is 0 Å². The number of ether oxygens (including phenoxy) is 1. The number of fused-ring (bicyclic) bond motifs is 1. The molecule has 0 N–H and O–H groups in total. The Morgan fingerprint density at radius 1 is 1.45 bits per heavy atom. The van der Waals surface area contributed by atoms with Gasteiger partial charge in [0.15, 0.2) is 0 Å². The molecule has 0 bridgehead atoms. The van der Waals surface area contributed by atoms with E-state index in [-0.39, 0.29) is 12.1 Å². The molecular weight excluding hydrogens is 318 g/mol. The third kappa shape index (κ3) is 3.35. The lowest BCUT2D eigenvalue weighted by molar-refractivity contribution is 0.0115. The maximum atomic E-state index is 12.4. The Morgan fingerprint density at radius 2 is 2.15 bits per heavy atom. The van der Waals surface area contributed by atoms with Crippen LogP contribution >= 0.6 is 15.9 Å². The van der Waals surface area contributed by atoms with Crippen molar-refractivity contribution in [3.8, 4) is 0 Å². The van der Waals surface area contributed by atoms with Gasteiger partial charge in [-0.1, -0.05) is 35.0 Å². The van der Waals surface area contributed by atoms with Gasteiger partial charge in [-0.25, -0.2) is 4.79 Å². The van der Waals surface area contributed by atoms with Crippen LogP contribution < -0.4 is 0 Å². The van der Waals surface area contributed by atoms with Crippen LogP contribution in [0.1, 0.15) is 45.2 Å². The minimum atomic E-state index is -0.451. The first-order valence-corrected chi connectivity index (χ1v) is 7.87. The van der Waals surface area contributed by atoms with Crippen LogP contribution in [0.15, 0.2) is 22.7 Å². The normalized spacial score (nSPS) is 18.6. The van der Waals surface area contributed by atoms with Crippen molar-refractivity contribution in [1.29, 1.82) is 0 Å². The van der Waals surface area contributed by atoms with E-state index in [1.165, 1.54) is 11.1 Å². The first kappa shape index (κ1) is 15.4. The highest BCUT2D eigenvalue weighted by molar-refractivity contribution is 9.10. The minimum absolute atomic E-state index is 0.205. The Balaban J connectivity index is 2.25. The second kappa shape index (κ2) is 5.76. The molecule has 0 saturated heterocycles. The zero-order chi connectivity index (χ0) is 14.9. The third-order valence-corrected chi connectivity index (χ3v) is 4.28. The molecule has 1 aromatic rings. The fraction of sp³-hybridized carbons (Fsp3) is 0.562. The van der Waals surface area contributed by atoms with Gasteiger partial charge in [-0.2, -0.15) is 0 Å². The molecule has 1 aromatic carbocycles. The standard InChI is InChI=1S/C16H22BrNO2/c1-5-12-9-13-11(7-6-8-14(13)17)10-18(12)15(19)20-16(2,3)4/h6-8,12H,5,9-10H2,1-4H3. The molecule has 1 heterocycles. The summed E-state index contributed by atoms with van der Waals surface area (Å²) in [5.41, 5.74) is 2.07. The average molecular weight is 340 g/mol. The van der Waals surface area contributed by atoms with Crippen LogP contribution in [0.2, 0.25) is 0 Å². The summed E-state index contributed by atoms with van der Waals surface area (Å²) < 4.78 is 6.67. The molecular formula is C16H22BrNO2. The molecule has 4 heteroatoms. The van der Waals surface area contributed by atoms with Crippen molar-refractivity contribution in [2.24, 2.45) is 0 Å². The Bertz CT molecular complexity index is 508. The number of rotatable bonds is 1. The molecule has 1 amide bonds. The van der Waals surface area contributed by atoms with Gasteiger partial charge in [-0.05, 0) is 50.8 Å². The number of benzene rings is 1. The van der Waals surface area contributed by atoms with Gasteiger partial charge in [0.2, 0.25) is 0 Å². The molecule has 0 saturated carbocycles. The van der Waals surface area contributed by atoms with E-state index in [9.17, 15) is 4.79 Å². The van der Waals surface area contributed by atoms with E-state index in [1.54, 1.807) is 0 Å². The smallest absolute Gasteiger partial charge is 0.410 e. The molecule has 0 aromatic heterocycles. The first-order valence-electron chi connectivity index (χ1n) is 7.07. The quantitative estimate of drug-likeness (QED) is 0.752. The van der Waals surface area contributed by atoms with Crippen LogP contribution in [0, 0.1) is 0 Å². The van der Waals surface area contributed by atoms with E-state index in [2.05, 4.69) is 35.0 Å². The number of halogens is 1. The van der Waals surface area contributed by atoms with E-state index in [0.29, 0.717) is 6.54 Å². The Kier molecular flexibility index (Phi) is 4.43. The lowest BCUT2D eigenvalue weighted by Gasteiger charge is -2.37. The topological polar surface area (TPSA) is 29.5 Å². The molecule has 0 aliphatic carbocycles. The van der Waals surface area contributed by atoms with Crippen molar-refractivity contribution >= 4 is 22.0 Å². The summed E-state index contributed by atoms with van der Waals surface area (Å²) in [6.45, 7) is 8.45. The molecule has 3 nitrogen and oxygen atoms in total. The summed E-state index contributed by atoms with van der Waals surface area (Å²) in [5.74, 6) is 0. The van der Waals surface area contributed by atoms with Crippen LogP contribution in [0.25, 0.3) is 0 Å². The van der Waals surface area contributed by atoms with Gasteiger partial charge >= 0.3 is 6.09 Å². The highest BCUT2D eigenvalue weighted by Crippen LogP contribution is 2.31. The largest absolute Gasteiger partial charge is 0.444 e. The summed E-state index contributed by atoms with van der Waals surface area (Å²) in [4.78, 5) is 14.2. The van der Waals surface area contributed by atoms with Crippen molar-refractivity contribution in [2.75, 3.05) is 0 Å². The van der Waals surface area contributed by atoms with Crippen LogP contribution in [-0.2, 0) is 17.7 Å². The summed E-state index contributed by atoms with van der Waals surface area (Å²) in [5, 5.41) is 0. The van der Waals surface area contributed by atoms with Gasteiger partial charge in [0.05, 0.1) is 0 Å². The van der Waals surface area contributed by atoms with E-state index < -0.39 is 5.60 Å². The van der Waals surface area contributed by atoms with Crippen molar-refractivity contribution in [2.45, 2.75) is 58.7 Å². The van der Waals surface area contributed by atoms with Gasteiger partial charge < -0.3 is 9.64 Å². The van der Waals surface area contributed by atoms with Crippen molar-refractivity contribution in [3.63, 3.8) is 0 Å². The van der Waals surface area contributed by atoms with Crippen molar-refractivity contribution < 1.29 is 9.53 Å². The van der Waals surface area contributed by atoms with E-state index in [4.69, 9.17) is 4.74 Å². The molecule has 110 valence electrons. The second-order valence-corrected chi connectivity index (χ2v) is 7.11. The molecule has 0 spiro atoms. The summed E-state index contributed by atoms with van der Waals surface area (Å²) in [6, 6.07) is 6.37. The Hall–Kier alpha value is -1.03. The van der Waals surface area contributed by atoms with E-state index in [1.807, 2.05) is 31.7 Å². The fourth-order valence-electron chi connectivity index (χ4n) is 2.54. The minimum Gasteiger partial charge on any atom is -0.444 e. The molecule has 1 aliphatic heterocycles. The van der Waals surface area contributed by atoms with Gasteiger partial charge in [0.25, 0.3) is 0 Å². The molecule has 0 radical (unpaired) electrons. The fourth-order valence-corrected chi connectivity index (χ4v) is 3.11. The molecule has 0 fully saturated rings. The van der Waals surface area contributed by atoms with Crippen LogP contribution in [-0.4, -0.2) is 22.6 Å². The number of hydrogen-bond donors (Lipinski definition) is 0. The average Bonchev–Trinajstić information content (AvgIpc) is 2.36. The first-order chi connectivity index (χ1) is 9.31. The summed E-state index contributed by atoms with van der Waals surface area (Å²) >= 11 is 3.61. The number of carbonyl (C=O) groups excluding carboxylic acids is 1. The number of nitrogens with zero attached hydrogens (tertiary/aromatic N) is 1. The lowest BCUT2D eigenvalue weighted by atomic mass is 9.93. The summed E-state index contributed by atoms with van der Waals surface area (Å²) in [7, 11) is 0. The second-order valence-electron chi connectivity index (χ2n) is 6.25. The van der Waals surface area contributed by atoms with Crippen molar-refractivity contribution in [1.82, 2.24) is 4.90 Å². The maximum absolute atomic E-state index is 12.4. The molecule has 1 unspecified atom stereocenters. The molecule has 2 rings (SSSR count). The monoisotopic (exact) mass is 339 g/mol. The number of carbonyl (C=O) groups is 1. The van der Waals surface area contributed by atoms with Crippen LogP contribution in [0.5, 0.6) is 0 Å². The number of amides is 1. The zero-order valence-electron chi connectivity index (χ0n) is 12.6. The summed E-state index contributed by atoms with van der Waals surface area (Å²) in [6.07, 6.45) is 1.60. The highest BCUT2D eigenvalue weighted by atomic mass is 79.9. The molecule has 1 atom stereocenters. The van der Waals surface area contributed by atoms with Crippen molar-refractivity contribution in [3.05, 3.63) is 33.8 Å². The predicted molar refractivity (Wildman–Crippen MR) is 83.7 cm³/mol. The Morgan fingerprint density at radius 3 is 2.75 bits per heavy atom. The van der Waals surface area contributed by atoms with E-state index in [0.717, 1.165) is 17.3 Å². The van der Waals surface area contributed by atoms with E-state index >= 15 is 0 Å². The highest BCUT2D eigenvalue weighted by Gasteiger charge is 2.32. The van der Waals surface area contributed by atoms with Gasteiger partial charge in [-0.3, -0.25) is 0 Å². The van der Waals surface area contributed by atoms with Gasteiger partial charge in [-0.15, -0.1) is 0 Å². The predicted octanol–water partition coefficient (Wildman–Crippen LogP) is 4.52. The number of hydrogen-bond acceptors (Lipinski definition) is 2. The zero-order valence-corrected chi connectivity index (χ0v) is 14.2. The Labute approximate surface area is 129 Å². The SMILES string of the molecule is CCC1Cc2c(Br)cccc2CN1C(=O)OC(C)(C)C. The third-order valence-electron chi connectivity index (χ3n) is 3.54. The molecule has 1 aliphatic rings. The van der Waals surface area contributed by atoms with Crippen LogP contribution in [0.4, 0.5) is 4.79 Å². The van der Waals surface area contributed by atoms with Gasteiger partial charge in [0.1, 0.15) is 5.60 Å². The lowest BCUT2D eigenvalue weighted by Crippen LogP contribution is -2.46. The molecule has 20 heavy (non-hydrogen) atoms. The maximum Gasteiger partial charge on any atom is 0.410 e. The van der Waals surface area contributed by atoms with Gasteiger partial charge in [0, 0.05) is 17.1 Å².